The van der Waals surface area contributed by atoms with E-state index in [4.69, 9.17) is 5.11 Å². The number of aliphatic hydroxyl groups excluding tert-OH is 1. The quantitative estimate of drug-likeness (QED) is 0.742. The Morgan fingerprint density at radius 3 is 2.47 bits per heavy atom. The maximum absolute atomic E-state index is 10.5. The van der Waals surface area contributed by atoms with Crippen LogP contribution in [0, 0.1) is 11.3 Å². The average Bonchev–Trinajstić information content (AvgIpc) is 2.15. The molecule has 1 saturated carbocycles. The van der Waals surface area contributed by atoms with Crippen LogP contribution in [0.1, 0.15) is 47.0 Å². The Balaban J connectivity index is 2.87. The van der Waals surface area contributed by atoms with E-state index in [1.807, 2.05) is 19.9 Å². The molecule has 2 nitrogen and oxygen atoms in total. The van der Waals surface area contributed by atoms with Crippen LogP contribution in [0.15, 0.2) is 23.8 Å². The molecule has 0 saturated heterocycles. The normalized spacial score (nSPS) is 34.2. The molecule has 17 heavy (non-hydrogen) atoms. The second-order valence-electron chi connectivity index (χ2n) is 6.17. The summed E-state index contributed by atoms with van der Waals surface area (Å²) in [5.41, 5.74) is 0.569. The molecule has 2 atom stereocenters. The van der Waals surface area contributed by atoms with Crippen LogP contribution >= 0.6 is 0 Å². The van der Waals surface area contributed by atoms with Crippen molar-refractivity contribution in [2.75, 3.05) is 6.61 Å². The standard InChI is InChI=1S/C15H26O2/c1-12(8-11-16)6-7-13-14(2,3)9-5-10-15(13,4)17/h6-8,13,16-17H,5,9-11H2,1-4H3. The minimum atomic E-state index is -0.613. The van der Waals surface area contributed by atoms with E-state index in [0.717, 1.165) is 24.8 Å². The van der Waals surface area contributed by atoms with E-state index < -0.39 is 5.60 Å². The highest BCUT2D eigenvalue weighted by atomic mass is 16.3. The van der Waals surface area contributed by atoms with Gasteiger partial charge >= 0.3 is 0 Å². The Labute approximate surface area is 105 Å². The summed E-state index contributed by atoms with van der Waals surface area (Å²) in [6.07, 6.45) is 9.02. The number of hydrogen-bond acceptors (Lipinski definition) is 2. The maximum atomic E-state index is 10.5. The van der Waals surface area contributed by atoms with Crippen LogP contribution in [0.3, 0.4) is 0 Å². The molecule has 1 aliphatic carbocycles. The van der Waals surface area contributed by atoms with Crippen LogP contribution in [0.4, 0.5) is 0 Å². The van der Waals surface area contributed by atoms with Gasteiger partial charge in [-0.05, 0) is 32.1 Å². The van der Waals surface area contributed by atoms with Crippen molar-refractivity contribution >= 4 is 0 Å². The van der Waals surface area contributed by atoms with Gasteiger partial charge in [0.2, 0.25) is 0 Å². The van der Waals surface area contributed by atoms with Crippen LogP contribution in [0.5, 0.6) is 0 Å². The Morgan fingerprint density at radius 2 is 1.94 bits per heavy atom. The fourth-order valence-corrected chi connectivity index (χ4v) is 2.98. The Bertz CT molecular complexity index is 295. The zero-order valence-electron chi connectivity index (χ0n) is 11.5. The smallest absolute Gasteiger partial charge is 0.0687 e. The molecule has 0 aromatic rings. The van der Waals surface area contributed by atoms with Crippen molar-refractivity contribution in [2.24, 2.45) is 11.3 Å². The van der Waals surface area contributed by atoms with E-state index in [1.165, 1.54) is 0 Å². The molecule has 1 fully saturated rings. The summed E-state index contributed by atoms with van der Waals surface area (Å²) < 4.78 is 0. The maximum Gasteiger partial charge on any atom is 0.0687 e. The van der Waals surface area contributed by atoms with E-state index in [2.05, 4.69) is 19.9 Å². The molecule has 1 rings (SSSR count). The highest BCUT2D eigenvalue weighted by Crippen LogP contribution is 2.46. The number of rotatable bonds is 3. The first-order chi connectivity index (χ1) is 7.79. The van der Waals surface area contributed by atoms with Gasteiger partial charge in [0, 0.05) is 5.92 Å². The second kappa shape index (κ2) is 5.36. The van der Waals surface area contributed by atoms with Crippen LogP contribution in [-0.2, 0) is 0 Å². The van der Waals surface area contributed by atoms with Gasteiger partial charge in [0.15, 0.2) is 0 Å². The third kappa shape index (κ3) is 3.68. The first kappa shape index (κ1) is 14.5. The molecule has 98 valence electrons. The molecule has 2 N–H and O–H groups in total. The van der Waals surface area contributed by atoms with Crippen LogP contribution in [0.25, 0.3) is 0 Å². The van der Waals surface area contributed by atoms with Gasteiger partial charge in [0.05, 0.1) is 12.2 Å². The SMILES string of the molecule is CC(C=CC1C(C)(C)CCCC1(C)O)=CCO. The van der Waals surface area contributed by atoms with E-state index >= 15 is 0 Å². The largest absolute Gasteiger partial charge is 0.392 e. The number of hydrogen-bond donors (Lipinski definition) is 2. The monoisotopic (exact) mass is 238 g/mol. The lowest BCUT2D eigenvalue weighted by Crippen LogP contribution is -2.45. The van der Waals surface area contributed by atoms with Gasteiger partial charge in [-0.15, -0.1) is 0 Å². The van der Waals surface area contributed by atoms with Crippen molar-refractivity contribution in [3.63, 3.8) is 0 Å². The van der Waals surface area contributed by atoms with E-state index in [-0.39, 0.29) is 17.9 Å². The topological polar surface area (TPSA) is 40.5 Å². The molecule has 2 heteroatoms. The van der Waals surface area contributed by atoms with Crippen molar-refractivity contribution in [2.45, 2.75) is 52.6 Å². The van der Waals surface area contributed by atoms with Crippen molar-refractivity contribution in [1.82, 2.24) is 0 Å². The average molecular weight is 238 g/mol. The molecule has 0 spiro atoms. The zero-order chi connectivity index (χ0) is 13.1. The molecule has 1 aliphatic rings. The molecule has 2 unspecified atom stereocenters. The third-order valence-electron chi connectivity index (χ3n) is 3.98. The molecule has 0 amide bonds. The van der Waals surface area contributed by atoms with Crippen molar-refractivity contribution < 1.29 is 10.2 Å². The predicted molar refractivity (Wildman–Crippen MR) is 71.7 cm³/mol. The summed E-state index contributed by atoms with van der Waals surface area (Å²) >= 11 is 0. The molecule has 0 heterocycles. The number of allylic oxidation sites excluding steroid dienone is 2. The van der Waals surface area contributed by atoms with Crippen LogP contribution in [0.2, 0.25) is 0 Å². The van der Waals surface area contributed by atoms with Crippen molar-refractivity contribution in [3.05, 3.63) is 23.8 Å². The summed E-state index contributed by atoms with van der Waals surface area (Å²) in [4.78, 5) is 0. The summed E-state index contributed by atoms with van der Waals surface area (Å²) in [5.74, 6) is 0.172. The highest BCUT2D eigenvalue weighted by Gasteiger charge is 2.43. The summed E-state index contributed by atoms with van der Waals surface area (Å²) in [6.45, 7) is 8.42. The molecule has 0 bridgehead atoms. The molecular weight excluding hydrogens is 212 g/mol. The molecule has 0 aromatic heterocycles. The third-order valence-corrected chi connectivity index (χ3v) is 3.98. The zero-order valence-corrected chi connectivity index (χ0v) is 11.5. The van der Waals surface area contributed by atoms with E-state index in [0.29, 0.717) is 0 Å². The molecule has 0 radical (unpaired) electrons. The summed E-state index contributed by atoms with van der Waals surface area (Å²) in [6, 6.07) is 0. The predicted octanol–water partition coefficient (Wildman–Crippen LogP) is 3.06. The van der Waals surface area contributed by atoms with Crippen molar-refractivity contribution in [1.29, 1.82) is 0 Å². The van der Waals surface area contributed by atoms with Crippen molar-refractivity contribution in [3.8, 4) is 0 Å². The molecule has 0 aromatic carbocycles. The van der Waals surface area contributed by atoms with E-state index in [1.54, 1.807) is 6.08 Å². The summed E-state index contributed by atoms with van der Waals surface area (Å²) in [5, 5.41) is 19.3. The number of aliphatic hydroxyl groups is 2. The highest BCUT2D eigenvalue weighted by molar-refractivity contribution is 5.19. The minimum Gasteiger partial charge on any atom is -0.392 e. The molecular formula is C15H26O2. The summed E-state index contributed by atoms with van der Waals surface area (Å²) in [7, 11) is 0. The lowest BCUT2D eigenvalue weighted by Gasteiger charge is -2.46. The van der Waals surface area contributed by atoms with Gasteiger partial charge in [-0.25, -0.2) is 0 Å². The Morgan fingerprint density at radius 1 is 1.29 bits per heavy atom. The van der Waals surface area contributed by atoms with Gasteiger partial charge in [0.1, 0.15) is 0 Å². The van der Waals surface area contributed by atoms with E-state index in [9.17, 15) is 5.11 Å². The fraction of sp³-hybridized carbons (Fsp3) is 0.733. The Kier molecular flexibility index (Phi) is 4.56. The minimum absolute atomic E-state index is 0.0701. The van der Waals surface area contributed by atoms with Gasteiger partial charge < -0.3 is 10.2 Å². The second-order valence-corrected chi connectivity index (χ2v) is 6.17. The first-order valence-corrected chi connectivity index (χ1v) is 6.48. The lowest BCUT2D eigenvalue weighted by atomic mass is 9.62. The molecule has 0 aliphatic heterocycles. The fourth-order valence-electron chi connectivity index (χ4n) is 2.98. The van der Waals surface area contributed by atoms with Gasteiger partial charge in [-0.1, -0.05) is 44.1 Å². The van der Waals surface area contributed by atoms with Gasteiger partial charge in [-0.2, -0.15) is 0 Å². The van der Waals surface area contributed by atoms with Crippen LogP contribution < -0.4 is 0 Å². The van der Waals surface area contributed by atoms with Crippen LogP contribution in [-0.4, -0.2) is 22.4 Å². The first-order valence-electron chi connectivity index (χ1n) is 6.48. The lowest BCUT2D eigenvalue weighted by molar-refractivity contribution is -0.0661. The van der Waals surface area contributed by atoms with Gasteiger partial charge in [-0.3, -0.25) is 0 Å². The van der Waals surface area contributed by atoms with Gasteiger partial charge in [0.25, 0.3) is 0 Å². The Hall–Kier alpha value is -0.600.